The molecule has 0 amide bonds. The highest BCUT2D eigenvalue weighted by atomic mass is 32.2. The van der Waals surface area contributed by atoms with Crippen molar-refractivity contribution in [2.45, 2.75) is 17.4 Å². The summed E-state index contributed by atoms with van der Waals surface area (Å²) in [4.78, 5) is 11.4. The molecule has 0 bridgehead atoms. The first kappa shape index (κ1) is 11.1. The molecule has 0 aliphatic heterocycles. The molecule has 0 heterocycles. The number of carboxylic acid groups (broad SMARTS) is 1. The largest absolute Gasteiger partial charge is 0.479 e. The molecule has 0 saturated carbocycles. The maximum absolute atomic E-state index is 10.3. The average Bonchev–Trinajstić information content (AvgIpc) is 2.19. The van der Waals surface area contributed by atoms with E-state index in [-0.39, 0.29) is 6.42 Å². The fraction of sp³-hybridized carbons (Fsp3) is 0.300. The molecule has 14 heavy (non-hydrogen) atoms. The summed E-state index contributed by atoms with van der Waals surface area (Å²) in [5.74, 6) is -0.545. The van der Waals surface area contributed by atoms with Crippen molar-refractivity contribution in [3.05, 3.63) is 30.3 Å². The third kappa shape index (κ3) is 3.81. The van der Waals surface area contributed by atoms with Gasteiger partial charge in [0, 0.05) is 10.6 Å². The van der Waals surface area contributed by atoms with Gasteiger partial charge in [0.1, 0.15) is 0 Å². The maximum atomic E-state index is 10.3. The zero-order valence-electron chi connectivity index (χ0n) is 7.59. The van der Waals surface area contributed by atoms with Gasteiger partial charge in [-0.2, -0.15) is 0 Å². The lowest BCUT2D eigenvalue weighted by Crippen LogP contribution is -2.19. The van der Waals surface area contributed by atoms with E-state index in [1.54, 1.807) is 11.8 Å². The summed E-state index contributed by atoms with van der Waals surface area (Å²) >= 11 is 1.54. The minimum Gasteiger partial charge on any atom is -0.479 e. The first-order valence-corrected chi connectivity index (χ1v) is 5.27. The van der Waals surface area contributed by atoms with Crippen LogP contribution in [-0.2, 0) is 4.79 Å². The number of aliphatic carboxylic acids is 1. The summed E-state index contributed by atoms with van der Waals surface area (Å²) in [5, 5.41) is 17.4. The minimum atomic E-state index is -1.24. The molecular formula is C10H12O3S. The number of hydrogen-bond donors (Lipinski definition) is 2. The van der Waals surface area contributed by atoms with Gasteiger partial charge in [0.05, 0.1) is 0 Å². The Hall–Kier alpha value is -1.00. The predicted octanol–water partition coefficient (Wildman–Crippen LogP) is 1.61. The molecule has 0 fully saturated rings. The summed E-state index contributed by atoms with van der Waals surface area (Å²) in [6.07, 6.45) is -0.972. The van der Waals surface area contributed by atoms with Crippen LogP contribution in [0.2, 0.25) is 0 Å². The van der Waals surface area contributed by atoms with E-state index in [1.807, 2.05) is 30.3 Å². The molecular weight excluding hydrogens is 200 g/mol. The second-order valence-electron chi connectivity index (χ2n) is 2.80. The maximum Gasteiger partial charge on any atom is 0.332 e. The molecule has 0 aliphatic rings. The molecule has 1 aromatic rings. The SMILES string of the molecule is O=C(O)C(O)CCSc1ccccc1. The van der Waals surface area contributed by atoms with Crippen molar-refractivity contribution in [2.24, 2.45) is 0 Å². The lowest BCUT2D eigenvalue weighted by Gasteiger charge is -2.04. The van der Waals surface area contributed by atoms with E-state index in [1.165, 1.54) is 0 Å². The van der Waals surface area contributed by atoms with E-state index in [4.69, 9.17) is 10.2 Å². The van der Waals surface area contributed by atoms with Crippen LogP contribution >= 0.6 is 11.8 Å². The van der Waals surface area contributed by atoms with E-state index in [0.717, 1.165) is 4.90 Å². The molecule has 1 atom stereocenters. The number of aliphatic hydroxyl groups excluding tert-OH is 1. The van der Waals surface area contributed by atoms with Crippen molar-refractivity contribution >= 4 is 17.7 Å². The van der Waals surface area contributed by atoms with Gasteiger partial charge in [0.25, 0.3) is 0 Å². The van der Waals surface area contributed by atoms with Crippen LogP contribution in [-0.4, -0.2) is 28.0 Å². The molecule has 76 valence electrons. The highest BCUT2D eigenvalue weighted by Gasteiger charge is 2.11. The molecule has 0 radical (unpaired) electrons. The van der Waals surface area contributed by atoms with Crippen LogP contribution in [0.25, 0.3) is 0 Å². The Morgan fingerprint density at radius 1 is 1.36 bits per heavy atom. The fourth-order valence-electron chi connectivity index (χ4n) is 0.929. The van der Waals surface area contributed by atoms with Gasteiger partial charge in [-0.3, -0.25) is 0 Å². The van der Waals surface area contributed by atoms with Gasteiger partial charge >= 0.3 is 5.97 Å². The average molecular weight is 212 g/mol. The van der Waals surface area contributed by atoms with Crippen molar-refractivity contribution in [1.29, 1.82) is 0 Å². The van der Waals surface area contributed by atoms with Gasteiger partial charge in [-0.1, -0.05) is 18.2 Å². The van der Waals surface area contributed by atoms with Crippen LogP contribution < -0.4 is 0 Å². The number of thioether (sulfide) groups is 1. The van der Waals surface area contributed by atoms with Crippen molar-refractivity contribution in [1.82, 2.24) is 0 Å². The van der Waals surface area contributed by atoms with E-state index in [2.05, 4.69) is 0 Å². The van der Waals surface area contributed by atoms with E-state index >= 15 is 0 Å². The molecule has 4 heteroatoms. The number of carboxylic acids is 1. The van der Waals surface area contributed by atoms with Gasteiger partial charge in [0.2, 0.25) is 0 Å². The van der Waals surface area contributed by atoms with Crippen LogP contribution in [0.5, 0.6) is 0 Å². The predicted molar refractivity (Wildman–Crippen MR) is 55.4 cm³/mol. The zero-order chi connectivity index (χ0) is 10.4. The molecule has 0 spiro atoms. The second-order valence-corrected chi connectivity index (χ2v) is 3.97. The minimum absolute atomic E-state index is 0.273. The van der Waals surface area contributed by atoms with Crippen LogP contribution in [0.15, 0.2) is 35.2 Å². The standard InChI is InChI=1S/C10H12O3S/c11-9(10(12)13)6-7-14-8-4-2-1-3-5-8/h1-5,9,11H,6-7H2,(H,12,13). The lowest BCUT2D eigenvalue weighted by atomic mass is 10.3. The van der Waals surface area contributed by atoms with Gasteiger partial charge in [-0.25, -0.2) is 4.79 Å². The van der Waals surface area contributed by atoms with Gasteiger partial charge in [-0.15, -0.1) is 11.8 Å². The summed E-state index contributed by atoms with van der Waals surface area (Å²) in [7, 11) is 0. The van der Waals surface area contributed by atoms with Crippen molar-refractivity contribution < 1.29 is 15.0 Å². The van der Waals surface area contributed by atoms with Gasteiger partial charge < -0.3 is 10.2 Å². The van der Waals surface area contributed by atoms with E-state index < -0.39 is 12.1 Å². The van der Waals surface area contributed by atoms with Crippen LogP contribution in [0, 0.1) is 0 Å². The monoisotopic (exact) mass is 212 g/mol. The third-order valence-electron chi connectivity index (χ3n) is 1.69. The second kappa shape index (κ2) is 5.67. The van der Waals surface area contributed by atoms with Crippen molar-refractivity contribution in [3.8, 4) is 0 Å². The summed E-state index contributed by atoms with van der Waals surface area (Å²) in [6, 6.07) is 9.69. The number of carbonyl (C=O) groups is 1. The normalized spacial score (nSPS) is 12.4. The summed E-state index contributed by atoms with van der Waals surface area (Å²) in [5.41, 5.74) is 0. The summed E-state index contributed by atoms with van der Waals surface area (Å²) in [6.45, 7) is 0. The van der Waals surface area contributed by atoms with Crippen molar-refractivity contribution in [2.75, 3.05) is 5.75 Å². The topological polar surface area (TPSA) is 57.5 Å². The van der Waals surface area contributed by atoms with Crippen LogP contribution in [0.4, 0.5) is 0 Å². The Morgan fingerprint density at radius 3 is 2.57 bits per heavy atom. The summed E-state index contributed by atoms with van der Waals surface area (Å²) < 4.78 is 0. The smallest absolute Gasteiger partial charge is 0.332 e. The quantitative estimate of drug-likeness (QED) is 0.728. The first-order valence-electron chi connectivity index (χ1n) is 4.29. The van der Waals surface area contributed by atoms with Gasteiger partial charge in [-0.05, 0) is 18.6 Å². The molecule has 2 N–H and O–H groups in total. The highest BCUT2D eigenvalue weighted by molar-refractivity contribution is 7.99. The number of aliphatic hydroxyl groups is 1. The third-order valence-corrected chi connectivity index (χ3v) is 2.73. The van der Waals surface area contributed by atoms with Crippen molar-refractivity contribution in [3.63, 3.8) is 0 Å². The Bertz CT molecular complexity index is 287. The Kier molecular flexibility index (Phi) is 4.49. The zero-order valence-corrected chi connectivity index (χ0v) is 8.41. The van der Waals surface area contributed by atoms with Crippen LogP contribution in [0.3, 0.4) is 0 Å². The molecule has 0 aliphatic carbocycles. The van der Waals surface area contributed by atoms with Gasteiger partial charge in [0.15, 0.2) is 6.10 Å². The molecule has 1 unspecified atom stereocenters. The molecule has 0 saturated heterocycles. The lowest BCUT2D eigenvalue weighted by molar-refractivity contribution is -0.146. The van der Waals surface area contributed by atoms with E-state index in [0.29, 0.717) is 5.75 Å². The first-order chi connectivity index (χ1) is 6.70. The molecule has 1 aromatic carbocycles. The molecule has 3 nitrogen and oxygen atoms in total. The number of rotatable bonds is 5. The Labute approximate surface area is 86.8 Å². The van der Waals surface area contributed by atoms with Crippen LogP contribution in [0.1, 0.15) is 6.42 Å². The highest BCUT2D eigenvalue weighted by Crippen LogP contribution is 2.18. The Morgan fingerprint density at radius 2 is 2.00 bits per heavy atom. The van der Waals surface area contributed by atoms with E-state index in [9.17, 15) is 4.79 Å². The fourth-order valence-corrected chi connectivity index (χ4v) is 1.86. The number of hydrogen-bond acceptors (Lipinski definition) is 3. The molecule has 1 rings (SSSR count). The molecule has 0 aromatic heterocycles. The Balaban J connectivity index is 2.26. The number of benzene rings is 1.